The Hall–Kier alpha value is -1.68. The lowest BCUT2D eigenvalue weighted by Gasteiger charge is -2.52. The predicted molar refractivity (Wildman–Crippen MR) is 101 cm³/mol. The van der Waals surface area contributed by atoms with Gasteiger partial charge in [-0.05, 0) is 37.1 Å². The minimum absolute atomic E-state index is 0.296. The van der Waals surface area contributed by atoms with Crippen LogP contribution in [0.25, 0.3) is 0 Å². The van der Waals surface area contributed by atoms with Crippen molar-refractivity contribution in [2.45, 2.75) is 18.6 Å². The average molecular weight is 336 g/mol. The Morgan fingerprint density at radius 2 is 1.64 bits per heavy atom. The minimum Gasteiger partial charge on any atom is -0.396 e. The summed E-state index contributed by atoms with van der Waals surface area (Å²) >= 11 is 0. The predicted octanol–water partition coefficient (Wildman–Crippen LogP) is 3.03. The molecule has 2 aromatic rings. The lowest BCUT2D eigenvalue weighted by Crippen LogP contribution is -2.59. The van der Waals surface area contributed by atoms with Crippen molar-refractivity contribution < 1.29 is 5.11 Å². The van der Waals surface area contributed by atoms with Crippen molar-refractivity contribution in [1.82, 2.24) is 9.80 Å². The summed E-state index contributed by atoms with van der Waals surface area (Å²) in [5.74, 6) is 1.58. The zero-order valence-corrected chi connectivity index (χ0v) is 15.1. The maximum atomic E-state index is 9.94. The number of aliphatic hydroxyl groups excluding tert-OH is 1. The van der Waals surface area contributed by atoms with E-state index in [-0.39, 0.29) is 0 Å². The lowest BCUT2D eigenvalue weighted by molar-refractivity contribution is -0.0554. The first-order chi connectivity index (χ1) is 12.2. The summed E-state index contributed by atoms with van der Waals surface area (Å²) in [5, 5.41) is 9.94. The summed E-state index contributed by atoms with van der Waals surface area (Å²) in [6.07, 6.45) is 0. The van der Waals surface area contributed by atoms with Crippen LogP contribution in [0.5, 0.6) is 0 Å². The van der Waals surface area contributed by atoms with Crippen LogP contribution in [-0.2, 0) is 6.54 Å². The number of hydrogen-bond acceptors (Lipinski definition) is 3. The molecule has 1 aliphatic carbocycles. The topological polar surface area (TPSA) is 26.7 Å². The van der Waals surface area contributed by atoms with Crippen molar-refractivity contribution in [3.05, 3.63) is 71.8 Å². The molecule has 2 aromatic carbocycles. The number of nitrogens with zero attached hydrogens (tertiary/aromatic N) is 2. The number of rotatable bonds is 5. The zero-order valence-electron chi connectivity index (χ0n) is 15.1. The SMILES string of the molecule is CN(C)[C@H]1[C@@H](CO)[C@@H]2CN(Cc3ccccc3)[C@@H](c3ccccc3)[C@@H]21. The van der Waals surface area contributed by atoms with Gasteiger partial charge in [-0.25, -0.2) is 0 Å². The van der Waals surface area contributed by atoms with Crippen LogP contribution in [0.15, 0.2) is 60.7 Å². The fourth-order valence-corrected chi connectivity index (χ4v) is 5.27. The largest absolute Gasteiger partial charge is 0.396 e. The molecule has 0 spiro atoms. The normalized spacial score (nSPS) is 31.8. The molecule has 2 fully saturated rings. The fraction of sp³-hybridized carbons (Fsp3) is 0.455. The minimum atomic E-state index is 0.296. The van der Waals surface area contributed by atoms with E-state index in [4.69, 9.17) is 0 Å². The average Bonchev–Trinajstić information content (AvgIpc) is 2.91. The highest BCUT2D eigenvalue weighted by atomic mass is 16.3. The van der Waals surface area contributed by atoms with Crippen LogP contribution in [0.1, 0.15) is 17.2 Å². The molecule has 3 nitrogen and oxygen atoms in total. The smallest absolute Gasteiger partial charge is 0.0477 e. The van der Waals surface area contributed by atoms with Gasteiger partial charge in [0.15, 0.2) is 0 Å². The van der Waals surface area contributed by atoms with Gasteiger partial charge in [-0.2, -0.15) is 0 Å². The van der Waals surface area contributed by atoms with E-state index < -0.39 is 0 Å². The van der Waals surface area contributed by atoms with E-state index in [2.05, 4.69) is 84.6 Å². The van der Waals surface area contributed by atoms with Gasteiger partial charge in [0.2, 0.25) is 0 Å². The molecule has 4 rings (SSSR count). The van der Waals surface area contributed by atoms with E-state index in [1.165, 1.54) is 11.1 Å². The molecular weight excluding hydrogens is 308 g/mol. The van der Waals surface area contributed by atoms with Crippen molar-refractivity contribution in [3.8, 4) is 0 Å². The molecule has 0 aromatic heterocycles. The Labute approximate surface area is 150 Å². The number of likely N-dealkylation sites (tertiary alicyclic amines) is 1. The second-order valence-electron chi connectivity index (χ2n) is 7.81. The highest BCUT2D eigenvalue weighted by Gasteiger charge is 2.59. The Kier molecular flexibility index (Phi) is 4.63. The molecule has 3 heteroatoms. The summed E-state index contributed by atoms with van der Waals surface area (Å²) < 4.78 is 0. The highest BCUT2D eigenvalue weighted by molar-refractivity contribution is 5.27. The Bertz CT molecular complexity index is 688. The van der Waals surface area contributed by atoms with Crippen molar-refractivity contribution in [2.75, 3.05) is 27.2 Å². The molecule has 2 aliphatic rings. The van der Waals surface area contributed by atoms with Gasteiger partial charge < -0.3 is 10.0 Å². The summed E-state index contributed by atoms with van der Waals surface area (Å²) in [5.41, 5.74) is 2.78. The number of hydrogen-bond donors (Lipinski definition) is 1. The molecule has 1 N–H and O–H groups in total. The van der Waals surface area contributed by atoms with Crippen molar-refractivity contribution in [3.63, 3.8) is 0 Å². The van der Waals surface area contributed by atoms with Crippen LogP contribution < -0.4 is 0 Å². The molecule has 1 saturated carbocycles. The number of benzene rings is 2. The molecule has 1 heterocycles. The van der Waals surface area contributed by atoms with E-state index in [9.17, 15) is 5.11 Å². The molecule has 5 atom stereocenters. The lowest BCUT2D eigenvalue weighted by atomic mass is 9.59. The maximum Gasteiger partial charge on any atom is 0.0477 e. The van der Waals surface area contributed by atoms with E-state index in [0.717, 1.165) is 13.1 Å². The van der Waals surface area contributed by atoms with Gasteiger partial charge in [0.05, 0.1) is 0 Å². The Morgan fingerprint density at radius 1 is 1.00 bits per heavy atom. The first kappa shape index (κ1) is 16.8. The molecule has 0 radical (unpaired) electrons. The van der Waals surface area contributed by atoms with Crippen molar-refractivity contribution in [2.24, 2.45) is 17.8 Å². The zero-order chi connectivity index (χ0) is 17.4. The second-order valence-corrected chi connectivity index (χ2v) is 7.81. The van der Waals surface area contributed by atoms with Gasteiger partial charge in [0, 0.05) is 37.7 Å². The van der Waals surface area contributed by atoms with Crippen LogP contribution in [-0.4, -0.2) is 48.2 Å². The van der Waals surface area contributed by atoms with Crippen molar-refractivity contribution >= 4 is 0 Å². The maximum absolute atomic E-state index is 9.94. The van der Waals surface area contributed by atoms with Gasteiger partial charge in [-0.1, -0.05) is 60.7 Å². The second kappa shape index (κ2) is 6.91. The standard InChI is InChI=1S/C22H28N2O/c1-23(2)22-19(15-25)18-14-24(13-16-9-5-3-6-10-16)21(20(18)22)17-11-7-4-8-12-17/h3-12,18-22,25H,13-15H2,1-2H3/t18-,19-,20+,21-,22-/m0/s1. The van der Waals surface area contributed by atoms with Crippen LogP contribution in [0.2, 0.25) is 0 Å². The molecule has 1 saturated heterocycles. The summed E-state index contributed by atoms with van der Waals surface area (Å²) in [4.78, 5) is 4.95. The third kappa shape index (κ3) is 2.91. The first-order valence-electron chi connectivity index (χ1n) is 9.31. The summed E-state index contributed by atoms with van der Waals surface area (Å²) in [6, 6.07) is 22.6. The molecule has 132 valence electrons. The molecular formula is C22H28N2O. The van der Waals surface area contributed by atoms with Crippen LogP contribution in [0.3, 0.4) is 0 Å². The number of aliphatic hydroxyl groups is 1. The van der Waals surface area contributed by atoms with E-state index >= 15 is 0 Å². The van der Waals surface area contributed by atoms with Crippen molar-refractivity contribution in [1.29, 1.82) is 0 Å². The van der Waals surface area contributed by atoms with Gasteiger partial charge >= 0.3 is 0 Å². The molecule has 1 aliphatic heterocycles. The molecule has 0 amide bonds. The number of fused-ring (bicyclic) bond motifs is 1. The third-order valence-corrected chi connectivity index (χ3v) is 6.26. The van der Waals surface area contributed by atoms with E-state index in [0.29, 0.717) is 36.4 Å². The highest BCUT2D eigenvalue weighted by Crippen LogP contribution is 2.56. The van der Waals surface area contributed by atoms with Crippen LogP contribution in [0.4, 0.5) is 0 Å². The van der Waals surface area contributed by atoms with Crippen LogP contribution >= 0.6 is 0 Å². The van der Waals surface area contributed by atoms with E-state index in [1.807, 2.05) is 0 Å². The molecule has 25 heavy (non-hydrogen) atoms. The Balaban J connectivity index is 1.66. The van der Waals surface area contributed by atoms with Gasteiger partial charge in [-0.3, -0.25) is 4.90 Å². The van der Waals surface area contributed by atoms with Crippen LogP contribution in [0, 0.1) is 17.8 Å². The van der Waals surface area contributed by atoms with Gasteiger partial charge in [0.25, 0.3) is 0 Å². The van der Waals surface area contributed by atoms with Gasteiger partial charge in [0.1, 0.15) is 0 Å². The quantitative estimate of drug-likeness (QED) is 0.909. The third-order valence-electron chi connectivity index (χ3n) is 6.26. The Morgan fingerprint density at radius 3 is 2.24 bits per heavy atom. The molecule has 0 bridgehead atoms. The fourth-order valence-electron chi connectivity index (χ4n) is 5.27. The molecule has 0 unspecified atom stereocenters. The summed E-state index contributed by atoms with van der Waals surface area (Å²) in [6.45, 7) is 2.35. The van der Waals surface area contributed by atoms with Gasteiger partial charge in [-0.15, -0.1) is 0 Å². The summed E-state index contributed by atoms with van der Waals surface area (Å²) in [7, 11) is 4.32. The van der Waals surface area contributed by atoms with E-state index in [1.54, 1.807) is 0 Å². The monoisotopic (exact) mass is 336 g/mol. The first-order valence-corrected chi connectivity index (χ1v) is 9.31.